The van der Waals surface area contributed by atoms with Crippen LogP contribution in [0.4, 0.5) is 0 Å². The van der Waals surface area contributed by atoms with Crippen molar-refractivity contribution in [1.82, 2.24) is 15.0 Å². The van der Waals surface area contributed by atoms with Crippen molar-refractivity contribution in [1.29, 1.82) is 0 Å². The zero-order valence-electron chi connectivity index (χ0n) is 13.1. The minimum atomic E-state index is 0.0503. The highest BCUT2D eigenvalue weighted by atomic mass is 35.5. The third kappa shape index (κ3) is 3.27. The lowest BCUT2D eigenvalue weighted by Gasteiger charge is -2.35. The highest BCUT2D eigenvalue weighted by Crippen LogP contribution is 2.39. The molecule has 2 heterocycles. The van der Waals surface area contributed by atoms with Gasteiger partial charge in [-0.25, -0.2) is 0 Å². The van der Waals surface area contributed by atoms with E-state index in [9.17, 15) is 0 Å². The predicted molar refractivity (Wildman–Crippen MR) is 86.4 cm³/mol. The summed E-state index contributed by atoms with van der Waals surface area (Å²) in [6, 6.07) is 7.97. The van der Waals surface area contributed by atoms with Gasteiger partial charge in [-0.1, -0.05) is 28.9 Å². The zero-order chi connectivity index (χ0) is 15.8. The molecule has 0 spiro atoms. The SMILES string of the molecule is CC(c1nc(C2CC2)no1)N1CCOC(c2ccc(Cl)cc2)C1. The van der Waals surface area contributed by atoms with Crippen molar-refractivity contribution < 1.29 is 9.26 Å². The molecule has 4 rings (SSSR count). The van der Waals surface area contributed by atoms with E-state index in [4.69, 9.17) is 20.9 Å². The second kappa shape index (κ2) is 6.23. The summed E-state index contributed by atoms with van der Waals surface area (Å²) in [7, 11) is 0. The second-order valence-corrected chi connectivity index (χ2v) is 6.78. The summed E-state index contributed by atoms with van der Waals surface area (Å²) in [4.78, 5) is 6.92. The molecule has 0 N–H and O–H groups in total. The van der Waals surface area contributed by atoms with E-state index in [-0.39, 0.29) is 12.1 Å². The second-order valence-electron chi connectivity index (χ2n) is 6.35. The monoisotopic (exact) mass is 333 g/mol. The molecule has 2 unspecified atom stereocenters. The van der Waals surface area contributed by atoms with Gasteiger partial charge in [-0.2, -0.15) is 4.98 Å². The summed E-state index contributed by atoms with van der Waals surface area (Å²) < 4.78 is 11.4. The number of hydrogen-bond donors (Lipinski definition) is 0. The van der Waals surface area contributed by atoms with Crippen LogP contribution in [-0.4, -0.2) is 34.7 Å². The normalized spacial score (nSPS) is 23.8. The van der Waals surface area contributed by atoms with E-state index in [1.54, 1.807) is 0 Å². The molecule has 122 valence electrons. The molecular formula is C17H20ClN3O2. The number of morpholine rings is 1. The van der Waals surface area contributed by atoms with E-state index in [1.165, 1.54) is 12.8 Å². The first kappa shape index (κ1) is 15.1. The van der Waals surface area contributed by atoms with Crippen LogP contribution in [-0.2, 0) is 4.74 Å². The average Bonchev–Trinajstić information content (AvgIpc) is 3.32. The molecule has 2 aromatic rings. The standard InChI is InChI=1S/C17H20ClN3O2/c1-11(17-19-16(20-23-17)13-2-3-13)21-8-9-22-15(10-21)12-4-6-14(18)7-5-12/h4-7,11,13,15H,2-3,8-10H2,1H3. The molecule has 5 nitrogen and oxygen atoms in total. The van der Waals surface area contributed by atoms with Crippen molar-refractivity contribution in [3.05, 3.63) is 46.6 Å². The molecule has 1 aliphatic heterocycles. The lowest BCUT2D eigenvalue weighted by molar-refractivity contribution is -0.0469. The van der Waals surface area contributed by atoms with Gasteiger partial charge in [0, 0.05) is 24.0 Å². The molecule has 2 aliphatic rings. The van der Waals surface area contributed by atoms with Gasteiger partial charge in [0.25, 0.3) is 0 Å². The van der Waals surface area contributed by atoms with Crippen molar-refractivity contribution >= 4 is 11.6 Å². The number of rotatable bonds is 4. The van der Waals surface area contributed by atoms with Gasteiger partial charge in [-0.15, -0.1) is 0 Å². The Bertz CT molecular complexity index is 669. The molecule has 1 aromatic carbocycles. The number of halogens is 1. The van der Waals surface area contributed by atoms with E-state index in [2.05, 4.69) is 22.0 Å². The van der Waals surface area contributed by atoms with Crippen LogP contribution in [0.15, 0.2) is 28.8 Å². The third-order valence-corrected chi connectivity index (χ3v) is 4.90. The van der Waals surface area contributed by atoms with Gasteiger partial charge in [0.05, 0.1) is 18.8 Å². The van der Waals surface area contributed by atoms with Gasteiger partial charge in [0.15, 0.2) is 5.82 Å². The number of aromatic nitrogens is 2. The fourth-order valence-electron chi connectivity index (χ4n) is 2.98. The molecule has 1 saturated carbocycles. The number of nitrogens with zero attached hydrogens (tertiary/aromatic N) is 3. The maximum Gasteiger partial charge on any atom is 0.243 e. The van der Waals surface area contributed by atoms with Gasteiger partial charge in [-0.05, 0) is 37.5 Å². The highest BCUT2D eigenvalue weighted by molar-refractivity contribution is 6.30. The maximum absolute atomic E-state index is 5.96. The van der Waals surface area contributed by atoms with Crippen LogP contribution in [0.1, 0.15) is 55.1 Å². The van der Waals surface area contributed by atoms with Gasteiger partial charge in [-0.3, -0.25) is 4.90 Å². The van der Waals surface area contributed by atoms with Crippen LogP contribution < -0.4 is 0 Å². The van der Waals surface area contributed by atoms with Gasteiger partial charge >= 0.3 is 0 Å². The number of hydrogen-bond acceptors (Lipinski definition) is 5. The van der Waals surface area contributed by atoms with Gasteiger partial charge in [0.1, 0.15) is 0 Å². The molecule has 6 heteroatoms. The van der Waals surface area contributed by atoms with Crippen molar-refractivity contribution in [3.63, 3.8) is 0 Å². The molecule has 1 aromatic heterocycles. The number of ether oxygens (including phenoxy) is 1. The van der Waals surface area contributed by atoms with E-state index in [0.29, 0.717) is 18.4 Å². The first-order valence-electron chi connectivity index (χ1n) is 8.15. The largest absolute Gasteiger partial charge is 0.371 e. The fourth-order valence-corrected chi connectivity index (χ4v) is 3.11. The maximum atomic E-state index is 5.96. The van der Waals surface area contributed by atoms with E-state index in [0.717, 1.165) is 29.5 Å². The Balaban J connectivity index is 1.46. The van der Waals surface area contributed by atoms with Crippen LogP contribution in [0.2, 0.25) is 5.02 Å². The average molecular weight is 334 g/mol. The summed E-state index contributed by atoms with van der Waals surface area (Å²) in [5.74, 6) is 2.10. The van der Waals surface area contributed by atoms with Crippen LogP contribution in [0.3, 0.4) is 0 Å². The third-order valence-electron chi connectivity index (χ3n) is 4.64. The van der Waals surface area contributed by atoms with Crippen molar-refractivity contribution in [2.24, 2.45) is 0 Å². The van der Waals surface area contributed by atoms with Crippen LogP contribution in [0, 0.1) is 0 Å². The Morgan fingerprint density at radius 3 is 2.78 bits per heavy atom. The molecule has 2 atom stereocenters. The molecule has 0 radical (unpaired) electrons. The summed E-state index contributed by atoms with van der Waals surface area (Å²) in [6.45, 7) is 4.49. The Labute approximate surface area is 140 Å². The number of benzene rings is 1. The molecule has 0 amide bonds. The van der Waals surface area contributed by atoms with Crippen molar-refractivity contribution in [3.8, 4) is 0 Å². The topological polar surface area (TPSA) is 51.4 Å². The predicted octanol–water partition coefficient (Wildman–Crippen LogP) is 3.73. The molecule has 1 saturated heterocycles. The van der Waals surface area contributed by atoms with Crippen molar-refractivity contribution in [2.45, 2.75) is 37.8 Å². The molecular weight excluding hydrogens is 314 g/mol. The van der Waals surface area contributed by atoms with Crippen molar-refractivity contribution in [2.75, 3.05) is 19.7 Å². The first-order valence-corrected chi connectivity index (χ1v) is 8.53. The molecule has 2 fully saturated rings. The van der Waals surface area contributed by atoms with Gasteiger partial charge in [0.2, 0.25) is 5.89 Å². The van der Waals surface area contributed by atoms with Crippen LogP contribution in [0.25, 0.3) is 0 Å². The zero-order valence-corrected chi connectivity index (χ0v) is 13.9. The molecule has 0 bridgehead atoms. The summed E-state index contributed by atoms with van der Waals surface area (Å²) >= 11 is 5.96. The Morgan fingerprint density at radius 2 is 2.04 bits per heavy atom. The highest BCUT2D eigenvalue weighted by Gasteiger charge is 2.32. The summed E-state index contributed by atoms with van der Waals surface area (Å²) in [5, 5.41) is 4.87. The lowest BCUT2D eigenvalue weighted by Crippen LogP contribution is -2.40. The van der Waals surface area contributed by atoms with Gasteiger partial charge < -0.3 is 9.26 Å². The minimum absolute atomic E-state index is 0.0503. The Kier molecular flexibility index (Phi) is 4.09. The quantitative estimate of drug-likeness (QED) is 0.853. The van der Waals surface area contributed by atoms with E-state index in [1.807, 2.05) is 24.3 Å². The Morgan fingerprint density at radius 1 is 1.26 bits per heavy atom. The smallest absolute Gasteiger partial charge is 0.243 e. The van der Waals surface area contributed by atoms with Crippen LogP contribution >= 0.6 is 11.6 Å². The lowest BCUT2D eigenvalue weighted by atomic mass is 10.1. The summed E-state index contributed by atoms with van der Waals surface area (Å²) in [6.07, 6.45) is 2.42. The minimum Gasteiger partial charge on any atom is -0.371 e. The molecule has 1 aliphatic carbocycles. The van der Waals surface area contributed by atoms with E-state index < -0.39 is 0 Å². The molecule has 23 heavy (non-hydrogen) atoms. The summed E-state index contributed by atoms with van der Waals surface area (Å²) in [5.41, 5.74) is 1.15. The fraction of sp³-hybridized carbons (Fsp3) is 0.529. The Hall–Kier alpha value is -1.43. The van der Waals surface area contributed by atoms with E-state index >= 15 is 0 Å². The van der Waals surface area contributed by atoms with Crippen LogP contribution in [0.5, 0.6) is 0 Å². The first-order chi connectivity index (χ1) is 11.2.